The molecule has 0 aliphatic rings. The van der Waals surface area contributed by atoms with E-state index in [0.717, 1.165) is 12.8 Å². The number of halogens is 3. The molecule has 14 heavy (non-hydrogen) atoms. The summed E-state index contributed by atoms with van der Waals surface area (Å²) < 4.78 is 8.88. The zero-order chi connectivity index (χ0) is 11.6. The normalized spacial score (nSPS) is 11.1. The van der Waals surface area contributed by atoms with E-state index in [1.54, 1.807) is 0 Å². The monoisotopic (exact) mass is 286 g/mol. The summed E-state index contributed by atoms with van der Waals surface area (Å²) in [6.07, 6.45) is 1.97. The summed E-state index contributed by atoms with van der Waals surface area (Å²) in [5.74, 6) is 2.57. The predicted molar refractivity (Wildman–Crippen MR) is 59.1 cm³/mol. The van der Waals surface area contributed by atoms with Crippen molar-refractivity contribution < 1.29 is 19.2 Å². The molecular formula is C6H14Cl3O4P. The van der Waals surface area contributed by atoms with Crippen LogP contribution < -0.4 is 0 Å². The van der Waals surface area contributed by atoms with Crippen LogP contribution >= 0.6 is 42.6 Å². The first-order valence-electron chi connectivity index (χ1n) is 3.81. The van der Waals surface area contributed by atoms with Gasteiger partial charge in [0.25, 0.3) is 0 Å². The zero-order valence-corrected chi connectivity index (χ0v) is 10.6. The lowest BCUT2D eigenvalue weighted by Gasteiger charge is -2.07. The minimum absolute atomic E-state index is 0.515. The Labute approximate surface area is 98.4 Å². The highest BCUT2D eigenvalue weighted by Gasteiger charge is 2.04. The van der Waals surface area contributed by atoms with Gasteiger partial charge in [0.1, 0.15) is 0 Å². The number of rotatable bonds is 5. The summed E-state index contributed by atoms with van der Waals surface area (Å²) in [5.41, 5.74) is 0. The van der Waals surface area contributed by atoms with E-state index in [0.29, 0.717) is 23.6 Å². The molecule has 4 nitrogen and oxygen atoms in total. The number of alkyl halides is 3. The smallest absolute Gasteiger partial charge is 0.303 e. The van der Waals surface area contributed by atoms with E-state index in [1.807, 2.05) is 0 Å². The zero-order valence-electron chi connectivity index (χ0n) is 7.44. The summed E-state index contributed by atoms with van der Waals surface area (Å²) in [6.45, 7) is 0. The lowest BCUT2D eigenvalue weighted by molar-refractivity contribution is 0.275. The molecule has 0 aliphatic heterocycles. The maximum Gasteiger partial charge on any atom is 0.466 e. The molecule has 0 aromatic rings. The van der Waals surface area contributed by atoms with Gasteiger partial charge in [0.15, 0.2) is 0 Å². The Hall–Kier alpha value is 0.980. The van der Waals surface area contributed by atoms with Crippen LogP contribution in [0.4, 0.5) is 0 Å². The van der Waals surface area contributed by atoms with Crippen molar-refractivity contribution >= 4 is 42.6 Å². The van der Waals surface area contributed by atoms with Crippen molar-refractivity contribution in [3.05, 3.63) is 0 Å². The molecule has 0 fully saturated rings. The molecule has 88 valence electrons. The predicted octanol–water partition coefficient (Wildman–Crippen LogP) is 2.17. The van der Waals surface area contributed by atoms with Crippen LogP contribution in [0.5, 0.6) is 0 Å². The van der Waals surface area contributed by atoms with E-state index in [4.69, 9.17) is 54.0 Å². The third-order valence-corrected chi connectivity index (χ3v) is 2.13. The van der Waals surface area contributed by atoms with E-state index < -0.39 is 7.82 Å². The lowest BCUT2D eigenvalue weighted by Crippen LogP contribution is -2.03. The molecule has 0 bridgehead atoms. The van der Waals surface area contributed by atoms with Crippen LogP contribution in [0, 0.1) is 5.92 Å². The Balaban J connectivity index is 0. The Bertz CT molecular complexity index is 149. The molecule has 0 atom stereocenters. The van der Waals surface area contributed by atoms with E-state index in [1.165, 1.54) is 0 Å². The number of hydrogen-bond acceptors (Lipinski definition) is 1. The topological polar surface area (TPSA) is 77.8 Å². The molecule has 0 aromatic heterocycles. The Morgan fingerprint density at radius 2 is 1.29 bits per heavy atom. The lowest BCUT2D eigenvalue weighted by atomic mass is 10.1. The molecule has 0 amide bonds. The van der Waals surface area contributed by atoms with Gasteiger partial charge in [-0.25, -0.2) is 4.57 Å². The Morgan fingerprint density at radius 3 is 1.43 bits per heavy atom. The minimum atomic E-state index is -4.64. The van der Waals surface area contributed by atoms with Crippen LogP contribution in [0.1, 0.15) is 12.8 Å². The summed E-state index contributed by atoms with van der Waals surface area (Å²) >= 11 is 16.6. The summed E-state index contributed by atoms with van der Waals surface area (Å²) in [6, 6.07) is 0. The molecule has 0 saturated heterocycles. The van der Waals surface area contributed by atoms with Crippen molar-refractivity contribution in [3.8, 4) is 0 Å². The van der Waals surface area contributed by atoms with Crippen LogP contribution in [0.15, 0.2) is 0 Å². The highest BCUT2D eigenvalue weighted by molar-refractivity contribution is 7.45. The standard InChI is InChI=1S/C6H11Cl3.H3O4P/c7-3-1-6(5-9)2-4-8;1-5(2,3)4/h6H,1-5H2;(H3,1,2,3,4). The van der Waals surface area contributed by atoms with Gasteiger partial charge in [-0.1, -0.05) is 0 Å². The second-order valence-corrected chi connectivity index (χ2v) is 4.58. The second-order valence-electron chi connectivity index (χ2n) is 2.49. The molecular weight excluding hydrogens is 273 g/mol. The second kappa shape index (κ2) is 10.5. The molecule has 0 radical (unpaired) electrons. The molecule has 0 aliphatic carbocycles. The van der Waals surface area contributed by atoms with Gasteiger partial charge in [0, 0.05) is 17.6 Å². The maximum absolute atomic E-state index is 8.88. The fourth-order valence-corrected chi connectivity index (χ4v) is 1.53. The molecule has 0 unspecified atom stereocenters. The van der Waals surface area contributed by atoms with E-state index in [2.05, 4.69) is 0 Å². The van der Waals surface area contributed by atoms with Crippen molar-refractivity contribution in [2.45, 2.75) is 12.8 Å². The van der Waals surface area contributed by atoms with Crippen molar-refractivity contribution in [1.82, 2.24) is 0 Å². The Morgan fingerprint density at radius 1 is 1.00 bits per heavy atom. The molecule has 0 aromatic carbocycles. The van der Waals surface area contributed by atoms with Crippen molar-refractivity contribution in [2.75, 3.05) is 17.6 Å². The highest BCUT2D eigenvalue weighted by Crippen LogP contribution is 2.25. The number of phosphoric acid groups is 1. The van der Waals surface area contributed by atoms with Crippen molar-refractivity contribution in [1.29, 1.82) is 0 Å². The first-order chi connectivity index (χ1) is 6.35. The van der Waals surface area contributed by atoms with Gasteiger partial charge >= 0.3 is 7.82 Å². The SMILES string of the molecule is ClCCC(CCl)CCCl.O=P(O)(O)O. The van der Waals surface area contributed by atoms with Gasteiger partial charge in [-0.15, -0.1) is 34.8 Å². The van der Waals surface area contributed by atoms with E-state index >= 15 is 0 Å². The number of hydrogen-bond donors (Lipinski definition) is 3. The maximum atomic E-state index is 8.88. The molecule has 0 saturated carbocycles. The average molecular weight is 288 g/mol. The molecule has 8 heteroatoms. The van der Waals surface area contributed by atoms with Gasteiger partial charge in [0.05, 0.1) is 0 Å². The van der Waals surface area contributed by atoms with Crippen molar-refractivity contribution in [3.63, 3.8) is 0 Å². The summed E-state index contributed by atoms with van der Waals surface area (Å²) in [5, 5.41) is 0. The summed E-state index contributed by atoms with van der Waals surface area (Å²) in [7, 11) is -4.64. The van der Waals surface area contributed by atoms with Gasteiger partial charge in [-0.05, 0) is 18.8 Å². The van der Waals surface area contributed by atoms with Crippen LogP contribution in [0.2, 0.25) is 0 Å². The first kappa shape index (κ1) is 17.4. The molecule has 3 N–H and O–H groups in total. The van der Waals surface area contributed by atoms with Gasteiger partial charge in [0.2, 0.25) is 0 Å². The fourth-order valence-electron chi connectivity index (χ4n) is 0.607. The van der Waals surface area contributed by atoms with Crippen LogP contribution in [-0.2, 0) is 4.57 Å². The third-order valence-electron chi connectivity index (χ3n) is 1.25. The van der Waals surface area contributed by atoms with Crippen LogP contribution in [0.25, 0.3) is 0 Å². The quantitative estimate of drug-likeness (QED) is 0.535. The third kappa shape index (κ3) is 23.1. The molecule has 0 heterocycles. The molecule has 0 rings (SSSR count). The van der Waals surface area contributed by atoms with Gasteiger partial charge in [-0.2, -0.15) is 0 Å². The van der Waals surface area contributed by atoms with Gasteiger partial charge < -0.3 is 14.7 Å². The van der Waals surface area contributed by atoms with E-state index in [9.17, 15) is 0 Å². The van der Waals surface area contributed by atoms with Gasteiger partial charge in [-0.3, -0.25) is 0 Å². The fraction of sp³-hybridized carbons (Fsp3) is 1.00. The largest absolute Gasteiger partial charge is 0.466 e. The van der Waals surface area contributed by atoms with E-state index in [-0.39, 0.29) is 0 Å². The first-order valence-corrected chi connectivity index (χ1v) is 6.98. The van der Waals surface area contributed by atoms with Crippen molar-refractivity contribution in [2.24, 2.45) is 5.92 Å². The van der Waals surface area contributed by atoms with Crippen LogP contribution in [0.3, 0.4) is 0 Å². The van der Waals surface area contributed by atoms with Crippen LogP contribution in [-0.4, -0.2) is 32.3 Å². The molecule has 0 spiro atoms. The highest BCUT2D eigenvalue weighted by atomic mass is 35.5. The average Bonchev–Trinajstić information content (AvgIpc) is 2.01. The Kier molecular flexibility index (Phi) is 13.0. The summed E-state index contributed by atoms with van der Waals surface area (Å²) in [4.78, 5) is 21.6. The minimum Gasteiger partial charge on any atom is -0.303 e.